The van der Waals surface area contributed by atoms with Crippen LogP contribution in [-0.2, 0) is 6.54 Å². The Hall–Kier alpha value is -2.06. The van der Waals surface area contributed by atoms with Crippen LogP contribution in [0.2, 0.25) is 5.02 Å². The summed E-state index contributed by atoms with van der Waals surface area (Å²) in [6.45, 7) is 2.56. The highest BCUT2D eigenvalue weighted by molar-refractivity contribution is 6.31. The van der Waals surface area contributed by atoms with Crippen molar-refractivity contribution in [1.29, 1.82) is 0 Å². The minimum Gasteiger partial charge on any atom is -0.342 e. The predicted molar refractivity (Wildman–Crippen MR) is 87.1 cm³/mol. The van der Waals surface area contributed by atoms with Crippen molar-refractivity contribution in [2.45, 2.75) is 19.9 Å². The molecule has 0 atom stereocenters. The van der Waals surface area contributed by atoms with E-state index in [9.17, 15) is 4.79 Å². The first-order chi connectivity index (χ1) is 10.2. The van der Waals surface area contributed by atoms with Gasteiger partial charge in [-0.15, -0.1) is 0 Å². The molecule has 1 aromatic heterocycles. The molecule has 0 saturated heterocycles. The smallest absolute Gasteiger partial charge is 0.164 e. The fourth-order valence-corrected chi connectivity index (χ4v) is 2.80. The van der Waals surface area contributed by atoms with E-state index < -0.39 is 0 Å². The Morgan fingerprint density at radius 3 is 2.57 bits per heavy atom. The van der Waals surface area contributed by atoms with E-state index in [4.69, 9.17) is 11.6 Å². The Kier molecular flexibility index (Phi) is 3.80. The van der Waals surface area contributed by atoms with Crippen LogP contribution in [-0.4, -0.2) is 10.4 Å². The quantitative estimate of drug-likeness (QED) is 0.625. The largest absolute Gasteiger partial charge is 0.342 e. The number of aromatic nitrogens is 1. The van der Waals surface area contributed by atoms with E-state index in [0.717, 1.165) is 27.1 Å². The number of para-hydroxylation sites is 1. The SMILES string of the molecule is CCC(=O)c1cn(Cc2ccccc2Cl)c2ccccc12. The van der Waals surface area contributed by atoms with Gasteiger partial charge < -0.3 is 4.57 Å². The second-order valence-electron chi connectivity index (χ2n) is 5.06. The van der Waals surface area contributed by atoms with Crippen LogP contribution in [0.4, 0.5) is 0 Å². The van der Waals surface area contributed by atoms with Crippen LogP contribution in [0.5, 0.6) is 0 Å². The first-order valence-corrected chi connectivity index (χ1v) is 7.43. The molecule has 3 aromatic rings. The van der Waals surface area contributed by atoms with E-state index in [2.05, 4.69) is 4.57 Å². The van der Waals surface area contributed by atoms with Gasteiger partial charge in [0.15, 0.2) is 5.78 Å². The molecule has 0 aliphatic carbocycles. The molecule has 21 heavy (non-hydrogen) atoms. The summed E-state index contributed by atoms with van der Waals surface area (Å²) in [5.74, 6) is 0.170. The molecular formula is C18H16ClNO. The van der Waals surface area contributed by atoms with Crippen LogP contribution < -0.4 is 0 Å². The molecule has 3 heteroatoms. The maximum atomic E-state index is 12.1. The number of fused-ring (bicyclic) bond motifs is 1. The maximum absolute atomic E-state index is 12.1. The standard InChI is InChI=1S/C18H16ClNO/c1-2-18(21)15-12-20(17-10-6-4-8-14(15)17)11-13-7-3-5-9-16(13)19/h3-10,12H,2,11H2,1H3. The Balaban J connectivity index is 2.11. The number of carbonyl (C=O) groups is 1. The van der Waals surface area contributed by atoms with Crippen molar-refractivity contribution in [1.82, 2.24) is 4.57 Å². The monoisotopic (exact) mass is 297 g/mol. The van der Waals surface area contributed by atoms with Gasteiger partial charge >= 0.3 is 0 Å². The first-order valence-electron chi connectivity index (χ1n) is 7.05. The van der Waals surface area contributed by atoms with Gasteiger partial charge in [0, 0.05) is 40.7 Å². The second-order valence-corrected chi connectivity index (χ2v) is 5.46. The van der Waals surface area contributed by atoms with Crippen molar-refractivity contribution in [3.05, 3.63) is 70.9 Å². The Morgan fingerprint density at radius 2 is 1.81 bits per heavy atom. The summed E-state index contributed by atoms with van der Waals surface area (Å²) in [6.07, 6.45) is 2.46. The zero-order chi connectivity index (χ0) is 14.8. The van der Waals surface area contributed by atoms with Crippen molar-refractivity contribution in [3.8, 4) is 0 Å². The summed E-state index contributed by atoms with van der Waals surface area (Å²) in [5, 5.41) is 1.76. The molecule has 1 heterocycles. The van der Waals surface area contributed by atoms with E-state index in [0.29, 0.717) is 13.0 Å². The molecule has 0 amide bonds. The summed E-state index contributed by atoms with van der Waals surface area (Å²) < 4.78 is 2.10. The van der Waals surface area contributed by atoms with Crippen LogP contribution in [0, 0.1) is 0 Å². The molecule has 0 aliphatic heterocycles. The molecule has 0 radical (unpaired) electrons. The lowest BCUT2D eigenvalue weighted by Gasteiger charge is -2.07. The zero-order valence-electron chi connectivity index (χ0n) is 11.8. The molecule has 0 spiro atoms. The molecule has 0 N–H and O–H groups in total. The van der Waals surface area contributed by atoms with Gasteiger partial charge in [0.1, 0.15) is 0 Å². The lowest BCUT2D eigenvalue weighted by Crippen LogP contribution is -1.99. The highest BCUT2D eigenvalue weighted by Gasteiger charge is 2.13. The van der Waals surface area contributed by atoms with E-state index in [1.54, 1.807) is 0 Å². The van der Waals surface area contributed by atoms with Crippen LogP contribution in [0.3, 0.4) is 0 Å². The normalized spacial score (nSPS) is 11.0. The van der Waals surface area contributed by atoms with Gasteiger partial charge in [-0.3, -0.25) is 4.79 Å². The molecule has 2 nitrogen and oxygen atoms in total. The zero-order valence-corrected chi connectivity index (χ0v) is 12.6. The number of rotatable bonds is 4. The number of halogens is 1. The van der Waals surface area contributed by atoms with Crippen molar-refractivity contribution < 1.29 is 4.79 Å². The van der Waals surface area contributed by atoms with E-state index in [1.165, 1.54) is 0 Å². The van der Waals surface area contributed by atoms with Crippen LogP contribution >= 0.6 is 11.6 Å². The van der Waals surface area contributed by atoms with Crippen molar-refractivity contribution in [2.75, 3.05) is 0 Å². The van der Waals surface area contributed by atoms with Crippen molar-refractivity contribution in [3.63, 3.8) is 0 Å². The Bertz CT molecular complexity index is 804. The van der Waals surface area contributed by atoms with Gasteiger partial charge in [-0.05, 0) is 17.7 Å². The third-order valence-corrected chi connectivity index (χ3v) is 4.08. The minimum atomic E-state index is 0.170. The molecule has 2 aromatic carbocycles. The molecule has 106 valence electrons. The summed E-state index contributed by atoms with van der Waals surface area (Å²) in [5.41, 5.74) is 2.91. The van der Waals surface area contributed by atoms with Crippen LogP contribution in [0.25, 0.3) is 10.9 Å². The fraction of sp³-hybridized carbons (Fsp3) is 0.167. The van der Waals surface area contributed by atoms with E-state index in [1.807, 2.05) is 61.7 Å². The predicted octanol–water partition coefficient (Wildman–Crippen LogP) is 4.94. The van der Waals surface area contributed by atoms with E-state index in [-0.39, 0.29) is 5.78 Å². The summed E-state index contributed by atoms with van der Waals surface area (Å²) in [4.78, 5) is 12.1. The van der Waals surface area contributed by atoms with Crippen molar-refractivity contribution >= 4 is 28.3 Å². The summed E-state index contributed by atoms with van der Waals surface area (Å²) in [6, 6.07) is 15.8. The number of Topliss-reactive ketones (excluding diaryl/α,β-unsaturated/α-hetero) is 1. The fourth-order valence-electron chi connectivity index (χ4n) is 2.60. The van der Waals surface area contributed by atoms with Crippen LogP contribution in [0.15, 0.2) is 54.7 Å². The third kappa shape index (κ3) is 2.59. The second kappa shape index (κ2) is 5.74. The van der Waals surface area contributed by atoms with Gasteiger partial charge in [0.2, 0.25) is 0 Å². The number of benzene rings is 2. The Morgan fingerprint density at radius 1 is 1.10 bits per heavy atom. The minimum absolute atomic E-state index is 0.170. The van der Waals surface area contributed by atoms with Gasteiger partial charge in [0.05, 0.1) is 0 Å². The first kappa shape index (κ1) is 13.9. The number of carbonyl (C=O) groups excluding carboxylic acids is 1. The molecule has 0 bridgehead atoms. The summed E-state index contributed by atoms with van der Waals surface area (Å²) in [7, 11) is 0. The van der Waals surface area contributed by atoms with Gasteiger partial charge in [-0.1, -0.05) is 54.9 Å². The highest BCUT2D eigenvalue weighted by Crippen LogP contribution is 2.25. The highest BCUT2D eigenvalue weighted by atomic mass is 35.5. The molecular weight excluding hydrogens is 282 g/mol. The molecule has 0 aliphatic rings. The van der Waals surface area contributed by atoms with Crippen LogP contribution in [0.1, 0.15) is 29.3 Å². The molecule has 3 rings (SSSR count). The molecule has 0 fully saturated rings. The number of ketones is 1. The lowest BCUT2D eigenvalue weighted by molar-refractivity contribution is 0.0989. The number of hydrogen-bond acceptors (Lipinski definition) is 1. The Labute approximate surface area is 129 Å². The number of hydrogen-bond donors (Lipinski definition) is 0. The third-order valence-electron chi connectivity index (χ3n) is 3.71. The van der Waals surface area contributed by atoms with Gasteiger partial charge in [-0.2, -0.15) is 0 Å². The average Bonchev–Trinajstić information content (AvgIpc) is 2.88. The van der Waals surface area contributed by atoms with Gasteiger partial charge in [-0.25, -0.2) is 0 Å². The number of nitrogens with zero attached hydrogens (tertiary/aromatic N) is 1. The molecule has 0 saturated carbocycles. The lowest BCUT2D eigenvalue weighted by atomic mass is 10.1. The average molecular weight is 298 g/mol. The van der Waals surface area contributed by atoms with E-state index >= 15 is 0 Å². The van der Waals surface area contributed by atoms with Gasteiger partial charge in [0.25, 0.3) is 0 Å². The maximum Gasteiger partial charge on any atom is 0.164 e. The summed E-state index contributed by atoms with van der Waals surface area (Å²) >= 11 is 6.24. The topological polar surface area (TPSA) is 22.0 Å². The van der Waals surface area contributed by atoms with Crippen molar-refractivity contribution in [2.24, 2.45) is 0 Å². The molecule has 0 unspecified atom stereocenters.